The fraction of sp³-hybridized carbons (Fsp3) is 0.111. The Labute approximate surface area is 81.5 Å². The Hall–Kier alpha value is -0.560. The Morgan fingerprint density at radius 3 is 2.58 bits per heavy atom. The second-order valence-electron chi connectivity index (χ2n) is 2.18. The van der Waals surface area contributed by atoms with Crippen LogP contribution >= 0.6 is 22.7 Å². The monoisotopic (exact) mass is 196 g/mol. The molecule has 0 amide bonds. The first kappa shape index (κ1) is 9.53. The summed E-state index contributed by atoms with van der Waals surface area (Å²) >= 11 is 4.91. The van der Waals surface area contributed by atoms with Gasteiger partial charge < -0.3 is 4.18 Å². The minimum absolute atomic E-state index is 0.555. The first-order chi connectivity index (χ1) is 5.86. The van der Waals surface area contributed by atoms with E-state index in [1.807, 2.05) is 24.3 Å². The third kappa shape index (κ3) is 2.82. The quantitative estimate of drug-likeness (QED) is 0.344. The van der Waals surface area contributed by atoms with Gasteiger partial charge in [-0.2, -0.15) is 0 Å². The Bertz CT molecular complexity index is 274. The second-order valence-corrected chi connectivity index (χ2v) is 3.01. The van der Waals surface area contributed by atoms with Crippen LogP contribution in [0.4, 0.5) is 0 Å². The molecule has 0 saturated carbocycles. The lowest BCUT2D eigenvalue weighted by Gasteiger charge is -1.98. The molecule has 0 aromatic heterocycles. The zero-order chi connectivity index (χ0) is 8.81. The number of benzene rings is 1. The molecule has 0 fully saturated rings. The fourth-order valence-electron chi connectivity index (χ4n) is 0.792. The first-order valence-corrected chi connectivity index (χ1v) is 5.15. The molecule has 0 saturated heterocycles. The van der Waals surface area contributed by atoms with E-state index < -0.39 is 0 Å². The number of hydrogen-bond donors (Lipinski definition) is 1. The van der Waals surface area contributed by atoms with Crippen molar-refractivity contribution in [2.24, 2.45) is 0 Å². The minimum Gasteiger partial charge on any atom is -0.300 e. The van der Waals surface area contributed by atoms with E-state index in [2.05, 4.69) is 17.6 Å². The van der Waals surface area contributed by atoms with Gasteiger partial charge in [0.1, 0.15) is 0 Å². The van der Waals surface area contributed by atoms with Crippen molar-refractivity contribution in [3.63, 3.8) is 0 Å². The molecule has 0 heterocycles. The van der Waals surface area contributed by atoms with Gasteiger partial charge in [0.05, 0.1) is 17.7 Å². The lowest BCUT2D eigenvalue weighted by molar-refractivity contribution is 0.370. The molecule has 3 heteroatoms. The van der Waals surface area contributed by atoms with Crippen molar-refractivity contribution in [1.29, 1.82) is 0 Å². The van der Waals surface area contributed by atoms with E-state index in [4.69, 9.17) is 10.6 Å². The maximum absolute atomic E-state index is 5.20. The smallest absolute Gasteiger partial charge is 0.0874 e. The Morgan fingerprint density at radius 1 is 1.42 bits per heavy atom. The molecule has 0 unspecified atom stereocenters. The van der Waals surface area contributed by atoms with Crippen LogP contribution in [0.2, 0.25) is 0 Å². The predicted molar refractivity (Wildman–Crippen MR) is 55.7 cm³/mol. The molecule has 0 aliphatic rings. The van der Waals surface area contributed by atoms with Crippen LogP contribution in [0.1, 0.15) is 11.1 Å². The normalized spacial score (nSPS) is 9.33. The zero-order valence-corrected chi connectivity index (χ0v) is 8.07. The summed E-state index contributed by atoms with van der Waals surface area (Å²) in [6.07, 6.45) is 5.20. The van der Waals surface area contributed by atoms with Crippen molar-refractivity contribution < 1.29 is 4.18 Å². The lowest BCUT2D eigenvalue weighted by Crippen LogP contribution is -1.84. The van der Waals surface area contributed by atoms with Gasteiger partial charge in [-0.3, -0.25) is 0 Å². The van der Waals surface area contributed by atoms with Crippen LogP contribution in [0.15, 0.2) is 24.3 Å². The summed E-state index contributed by atoms with van der Waals surface area (Å²) in [7, 11) is 0. The Kier molecular flexibility index (Phi) is 4.09. The fourth-order valence-corrected chi connectivity index (χ4v) is 1.14. The highest BCUT2D eigenvalue weighted by Crippen LogP contribution is 2.12. The van der Waals surface area contributed by atoms with Crippen LogP contribution in [-0.2, 0) is 10.8 Å². The van der Waals surface area contributed by atoms with Gasteiger partial charge in [-0.25, -0.2) is 0 Å². The van der Waals surface area contributed by atoms with Gasteiger partial charge in [0, 0.05) is 5.56 Å². The van der Waals surface area contributed by atoms with E-state index in [1.165, 1.54) is 0 Å². The highest BCUT2D eigenvalue weighted by Gasteiger charge is 1.92. The molecule has 0 atom stereocenters. The average molecular weight is 196 g/mol. The van der Waals surface area contributed by atoms with Gasteiger partial charge in [0.2, 0.25) is 0 Å². The van der Waals surface area contributed by atoms with Crippen molar-refractivity contribution in [2.75, 3.05) is 0 Å². The summed E-state index contributed by atoms with van der Waals surface area (Å²) in [5.74, 6) is 2.55. The maximum Gasteiger partial charge on any atom is 0.0874 e. The molecule has 0 aliphatic heterocycles. The molecule has 0 bridgehead atoms. The van der Waals surface area contributed by atoms with Gasteiger partial charge in [-0.05, 0) is 17.7 Å². The molecule has 1 aromatic carbocycles. The van der Waals surface area contributed by atoms with Crippen molar-refractivity contribution >= 4 is 22.7 Å². The van der Waals surface area contributed by atoms with Gasteiger partial charge in [0.25, 0.3) is 0 Å². The highest BCUT2D eigenvalue weighted by atomic mass is 33.1. The van der Waals surface area contributed by atoms with Crippen LogP contribution in [0, 0.1) is 12.3 Å². The molecule has 12 heavy (non-hydrogen) atoms. The van der Waals surface area contributed by atoms with Crippen molar-refractivity contribution in [2.45, 2.75) is 6.61 Å². The van der Waals surface area contributed by atoms with Crippen LogP contribution in [-0.4, -0.2) is 0 Å². The SMILES string of the molecule is C#Cc1ccc(COSS)cc1. The van der Waals surface area contributed by atoms with Gasteiger partial charge in [-0.1, -0.05) is 29.7 Å². The van der Waals surface area contributed by atoms with E-state index in [9.17, 15) is 0 Å². The maximum atomic E-state index is 5.20. The number of hydrogen-bond acceptors (Lipinski definition) is 3. The van der Waals surface area contributed by atoms with Crippen LogP contribution < -0.4 is 0 Å². The largest absolute Gasteiger partial charge is 0.300 e. The first-order valence-electron chi connectivity index (χ1n) is 3.35. The third-order valence-electron chi connectivity index (χ3n) is 1.40. The highest BCUT2D eigenvalue weighted by molar-refractivity contribution is 8.66. The van der Waals surface area contributed by atoms with Crippen LogP contribution in [0.5, 0.6) is 0 Å². The van der Waals surface area contributed by atoms with E-state index in [0.29, 0.717) is 6.61 Å². The van der Waals surface area contributed by atoms with Crippen LogP contribution in [0.25, 0.3) is 0 Å². The molecule has 1 rings (SSSR count). The molecule has 0 radical (unpaired) electrons. The summed E-state index contributed by atoms with van der Waals surface area (Å²) in [6.45, 7) is 0.555. The molecule has 0 aliphatic carbocycles. The average Bonchev–Trinajstić information content (AvgIpc) is 2.15. The lowest BCUT2D eigenvalue weighted by atomic mass is 10.1. The summed E-state index contributed by atoms with van der Waals surface area (Å²) in [6, 6.07) is 7.67. The summed E-state index contributed by atoms with van der Waals surface area (Å²) in [5.41, 5.74) is 1.98. The molecular formula is C9H8OS2. The number of rotatable bonds is 3. The van der Waals surface area contributed by atoms with Gasteiger partial charge >= 0.3 is 0 Å². The molecule has 0 N–H and O–H groups in total. The summed E-state index contributed by atoms with van der Waals surface area (Å²) in [4.78, 5) is 0. The van der Waals surface area contributed by atoms with E-state index in [-0.39, 0.29) is 0 Å². The van der Waals surface area contributed by atoms with E-state index >= 15 is 0 Å². The Morgan fingerprint density at radius 2 is 2.08 bits per heavy atom. The number of terminal acetylenes is 1. The second kappa shape index (κ2) is 5.15. The standard InChI is InChI=1S/C9H8OS2/c1-2-8-3-5-9(6-4-8)7-10-12-11/h1,3-6,11H,7H2. The van der Waals surface area contributed by atoms with Crippen molar-refractivity contribution in [1.82, 2.24) is 0 Å². The van der Waals surface area contributed by atoms with E-state index in [1.54, 1.807) is 0 Å². The van der Waals surface area contributed by atoms with Gasteiger partial charge in [0.15, 0.2) is 0 Å². The van der Waals surface area contributed by atoms with Crippen molar-refractivity contribution in [3.8, 4) is 12.3 Å². The number of thiol groups is 1. The predicted octanol–water partition coefficient (Wildman–Crippen LogP) is 2.68. The molecule has 0 spiro atoms. The molecule has 1 aromatic rings. The van der Waals surface area contributed by atoms with Gasteiger partial charge in [-0.15, -0.1) is 6.42 Å². The summed E-state index contributed by atoms with van der Waals surface area (Å²) in [5, 5.41) is 0. The van der Waals surface area contributed by atoms with E-state index in [0.717, 1.165) is 22.2 Å². The molecule has 62 valence electrons. The minimum atomic E-state index is 0.555. The Balaban J connectivity index is 2.60. The third-order valence-corrected chi connectivity index (χ3v) is 1.94. The van der Waals surface area contributed by atoms with Crippen molar-refractivity contribution in [3.05, 3.63) is 35.4 Å². The van der Waals surface area contributed by atoms with Crippen LogP contribution in [0.3, 0.4) is 0 Å². The summed E-state index contributed by atoms with van der Waals surface area (Å²) < 4.78 is 5.02. The molecular weight excluding hydrogens is 188 g/mol. The molecule has 1 nitrogen and oxygen atoms in total. The topological polar surface area (TPSA) is 9.23 Å². The zero-order valence-electron chi connectivity index (χ0n) is 6.36.